The molecule has 0 heterocycles. The molecule has 1 amide bonds. The molecule has 0 saturated heterocycles. The van der Waals surface area contributed by atoms with Crippen LogP contribution in [0.25, 0.3) is 0 Å². The van der Waals surface area contributed by atoms with Gasteiger partial charge in [-0.3, -0.25) is 4.79 Å². The van der Waals surface area contributed by atoms with Crippen molar-refractivity contribution >= 4 is 15.9 Å². The van der Waals surface area contributed by atoms with E-state index in [4.69, 9.17) is 4.74 Å². The number of rotatable bonds is 9. The third-order valence-electron chi connectivity index (χ3n) is 4.73. The number of carbonyl (C=O) groups is 1. The minimum Gasteiger partial charge on any atom is -0.496 e. The van der Waals surface area contributed by atoms with Gasteiger partial charge >= 0.3 is 0 Å². The standard InChI is InChI=1S/C22H30N2O4S/c1-15(2)18-7-9-19(10-8-18)29(26,27)23-13-12-22(25)24-17(4)20-14-16(3)6-11-21(20)28-5/h6-11,14-15,17,23H,12-13H2,1-5H3,(H,24,25). The topological polar surface area (TPSA) is 84.5 Å². The Hall–Kier alpha value is -2.38. The van der Waals surface area contributed by atoms with Crippen LogP contribution >= 0.6 is 0 Å². The first kappa shape index (κ1) is 22.9. The molecule has 2 aromatic rings. The van der Waals surface area contributed by atoms with E-state index in [0.29, 0.717) is 11.7 Å². The van der Waals surface area contributed by atoms with Gasteiger partial charge in [-0.15, -0.1) is 0 Å². The number of benzene rings is 2. The Morgan fingerprint density at radius 2 is 1.72 bits per heavy atom. The number of hydrogen-bond donors (Lipinski definition) is 2. The number of nitrogens with one attached hydrogen (secondary N) is 2. The lowest BCUT2D eigenvalue weighted by Gasteiger charge is -2.18. The highest BCUT2D eigenvalue weighted by atomic mass is 32.2. The fourth-order valence-electron chi connectivity index (χ4n) is 3.00. The van der Waals surface area contributed by atoms with Gasteiger partial charge in [0.05, 0.1) is 18.0 Å². The van der Waals surface area contributed by atoms with E-state index in [9.17, 15) is 13.2 Å². The molecule has 1 unspecified atom stereocenters. The van der Waals surface area contributed by atoms with E-state index in [1.807, 2.05) is 58.0 Å². The zero-order valence-electron chi connectivity index (χ0n) is 17.7. The van der Waals surface area contributed by atoms with Crippen LogP contribution < -0.4 is 14.8 Å². The summed E-state index contributed by atoms with van der Waals surface area (Å²) in [5.41, 5.74) is 3.02. The van der Waals surface area contributed by atoms with Crippen molar-refractivity contribution in [2.75, 3.05) is 13.7 Å². The summed E-state index contributed by atoms with van der Waals surface area (Å²) in [5.74, 6) is 0.797. The molecule has 2 N–H and O–H groups in total. The zero-order valence-corrected chi connectivity index (χ0v) is 18.5. The minimum atomic E-state index is -3.65. The summed E-state index contributed by atoms with van der Waals surface area (Å²) in [7, 11) is -2.06. The average molecular weight is 419 g/mol. The number of carbonyl (C=O) groups excluding carboxylic acids is 1. The van der Waals surface area contributed by atoms with Crippen LogP contribution in [0.15, 0.2) is 47.4 Å². The van der Waals surface area contributed by atoms with Gasteiger partial charge in [0.2, 0.25) is 15.9 Å². The molecule has 6 nitrogen and oxygen atoms in total. The van der Waals surface area contributed by atoms with Crippen LogP contribution in [0.5, 0.6) is 5.75 Å². The third-order valence-corrected chi connectivity index (χ3v) is 6.21. The highest BCUT2D eigenvalue weighted by molar-refractivity contribution is 7.89. The normalized spacial score (nSPS) is 12.6. The summed E-state index contributed by atoms with van der Waals surface area (Å²) >= 11 is 0. The lowest BCUT2D eigenvalue weighted by atomic mass is 10.0. The van der Waals surface area contributed by atoms with E-state index in [1.54, 1.807) is 19.2 Å². The van der Waals surface area contributed by atoms with E-state index >= 15 is 0 Å². The Morgan fingerprint density at radius 3 is 2.31 bits per heavy atom. The predicted octanol–water partition coefficient (Wildman–Crippen LogP) is 3.67. The van der Waals surface area contributed by atoms with E-state index in [1.165, 1.54) is 0 Å². The monoisotopic (exact) mass is 418 g/mol. The largest absolute Gasteiger partial charge is 0.496 e. The van der Waals surface area contributed by atoms with Gasteiger partial charge in [-0.05, 0) is 43.5 Å². The third kappa shape index (κ3) is 6.30. The molecular weight excluding hydrogens is 388 g/mol. The van der Waals surface area contributed by atoms with Crippen molar-refractivity contribution in [2.24, 2.45) is 0 Å². The van der Waals surface area contributed by atoms with Gasteiger partial charge in [0.15, 0.2) is 0 Å². The van der Waals surface area contributed by atoms with Crippen molar-refractivity contribution < 1.29 is 17.9 Å². The first-order valence-corrected chi connectivity index (χ1v) is 11.2. The summed E-state index contributed by atoms with van der Waals surface area (Å²) in [6, 6.07) is 12.3. The Morgan fingerprint density at radius 1 is 1.07 bits per heavy atom. The second-order valence-electron chi connectivity index (χ2n) is 7.41. The van der Waals surface area contributed by atoms with Crippen LogP contribution in [0.2, 0.25) is 0 Å². The average Bonchev–Trinajstić information content (AvgIpc) is 2.67. The van der Waals surface area contributed by atoms with Gasteiger partial charge < -0.3 is 10.1 Å². The van der Waals surface area contributed by atoms with Crippen molar-refractivity contribution in [1.29, 1.82) is 0 Å². The number of amides is 1. The van der Waals surface area contributed by atoms with Crippen LogP contribution in [0.1, 0.15) is 55.8 Å². The van der Waals surface area contributed by atoms with Crippen LogP contribution in [-0.2, 0) is 14.8 Å². The van der Waals surface area contributed by atoms with Crippen molar-refractivity contribution in [3.05, 3.63) is 59.2 Å². The van der Waals surface area contributed by atoms with E-state index in [2.05, 4.69) is 10.0 Å². The summed E-state index contributed by atoms with van der Waals surface area (Å²) in [4.78, 5) is 12.5. The van der Waals surface area contributed by atoms with Crippen LogP contribution in [0, 0.1) is 6.92 Å². The molecule has 0 bridgehead atoms. The number of sulfonamides is 1. The molecule has 1 atom stereocenters. The van der Waals surface area contributed by atoms with Gasteiger partial charge in [0.1, 0.15) is 5.75 Å². The van der Waals surface area contributed by atoms with Crippen LogP contribution in [0.4, 0.5) is 0 Å². The molecule has 0 fully saturated rings. The second kappa shape index (κ2) is 9.89. The summed E-state index contributed by atoms with van der Waals surface area (Å²) in [5, 5.41) is 2.89. The fourth-order valence-corrected chi connectivity index (χ4v) is 4.03. The quantitative estimate of drug-likeness (QED) is 0.651. The molecule has 0 radical (unpaired) electrons. The molecule has 7 heteroatoms. The predicted molar refractivity (Wildman–Crippen MR) is 115 cm³/mol. The Kier molecular flexibility index (Phi) is 7.81. The maximum Gasteiger partial charge on any atom is 0.240 e. The molecule has 2 rings (SSSR count). The second-order valence-corrected chi connectivity index (χ2v) is 9.17. The molecule has 158 valence electrons. The molecular formula is C22H30N2O4S. The van der Waals surface area contributed by atoms with Gasteiger partial charge in [-0.2, -0.15) is 0 Å². The summed E-state index contributed by atoms with van der Waals surface area (Å²) < 4.78 is 32.6. The highest BCUT2D eigenvalue weighted by Gasteiger charge is 2.17. The maximum atomic E-state index is 12.4. The smallest absolute Gasteiger partial charge is 0.240 e. The Labute approximate surface area is 173 Å². The zero-order chi connectivity index (χ0) is 21.6. The van der Waals surface area contributed by atoms with Crippen molar-refractivity contribution in [3.63, 3.8) is 0 Å². The minimum absolute atomic E-state index is 0.0256. The van der Waals surface area contributed by atoms with Crippen molar-refractivity contribution in [3.8, 4) is 5.75 Å². The number of methoxy groups -OCH3 is 1. The van der Waals surface area contributed by atoms with Gasteiger partial charge in [-0.1, -0.05) is 43.7 Å². The van der Waals surface area contributed by atoms with E-state index in [-0.39, 0.29) is 29.8 Å². The number of aryl methyl sites for hydroxylation is 1. The molecule has 0 aromatic heterocycles. The molecule has 0 saturated carbocycles. The van der Waals surface area contributed by atoms with Gasteiger partial charge in [0, 0.05) is 18.5 Å². The maximum absolute atomic E-state index is 12.4. The molecule has 0 aliphatic rings. The van der Waals surface area contributed by atoms with Gasteiger partial charge in [-0.25, -0.2) is 13.1 Å². The lowest BCUT2D eigenvalue weighted by Crippen LogP contribution is -2.32. The SMILES string of the molecule is COc1ccc(C)cc1C(C)NC(=O)CCNS(=O)(=O)c1ccc(C(C)C)cc1. The summed E-state index contributed by atoms with van der Waals surface area (Å²) in [6.45, 7) is 7.97. The highest BCUT2D eigenvalue weighted by Crippen LogP contribution is 2.26. The Bertz CT molecular complexity index is 938. The molecule has 0 spiro atoms. The number of ether oxygens (including phenoxy) is 1. The molecule has 29 heavy (non-hydrogen) atoms. The lowest BCUT2D eigenvalue weighted by molar-refractivity contribution is -0.121. The Balaban J connectivity index is 1.91. The first-order chi connectivity index (χ1) is 13.6. The van der Waals surface area contributed by atoms with Gasteiger partial charge in [0.25, 0.3) is 0 Å². The first-order valence-electron chi connectivity index (χ1n) is 9.67. The van der Waals surface area contributed by atoms with Crippen LogP contribution in [0.3, 0.4) is 0 Å². The summed E-state index contributed by atoms with van der Waals surface area (Å²) in [6.07, 6.45) is 0.0434. The molecule has 2 aromatic carbocycles. The van der Waals surface area contributed by atoms with Crippen molar-refractivity contribution in [1.82, 2.24) is 10.0 Å². The number of hydrogen-bond acceptors (Lipinski definition) is 4. The van der Waals surface area contributed by atoms with Crippen LogP contribution in [-0.4, -0.2) is 28.0 Å². The van der Waals surface area contributed by atoms with E-state index in [0.717, 1.165) is 16.7 Å². The molecule has 0 aliphatic heterocycles. The fraction of sp³-hybridized carbons (Fsp3) is 0.409. The van der Waals surface area contributed by atoms with Crippen molar-refractivity contribution in [2.45, 2.75) is 51.0 Å². The molecule has 0 aliphatic carbocycles. The van der Waals surface area contributed by atoms with E-state index < -0.39 is 10.0 Å².